The highest BCUT2D eigenvalue weighted by Crippen LogP contribution is 2.26. The lowest BCUT2D eigenvalue weighted by Crippen LogP contribution is -2.43. The predicted molar refractivity (Wildman–Crippen MR) is 107 cm³/mol. The number of rotatable bonds is 7. The van der Waals surface area contributed by atoms with E-state index in [0.29, 0.717) is 13.1 Å². The van der Waals surface area contributed by atoms with Gasteiger partial charge in [0.15, 0.2) is 0 Å². The van der Waals surface area contributed by atoms with Crippen molar-refractivity contribution in [1.82, 2.24) is 4.90 Å². The number of nitrogens with zero attached hydrogens (tertiary/aromatic N) is 1. The number of piperidine rings is 1. The zero-order valence-electron chi connectivity index (χ0n) is 16.8. The van der Waals surface area contributed by atoms with Crippen molar-refractivity contribution in [2.45, 2.75) is 66.2 Å². The molecular weight excluding hydrogens is 324 g/mol. The Bertz CT molecular complexity index is 592. The molecule has 1 aliphatic heterocycles. The second-order valence-corrected chi connectivity index (χ2v) is 7.26. The lowest BCUT2D eigenvalue weighted by molar-refractivity contribution is -0.138. The first-order chi connectivity index (χ1) is 12.5. The summed E-state index contributed by atoms with van der Waals surface area (Å²) in [5, 5.41) is 3.20. The van der Waals surface area contributed by atoms with Gasteiger partial charge in [-0.3, -0.25) is 9.59 Å². The fourth-order valence-corrected chi connectivity index (χ4v) is 3.89. The molecule has 1 fully saturated rings. The van der Waals surface area contributed by atoms with Gasteiger partial charge < -0.3 is 10.2 Å². The molecule has 0 aliphatic carbocycles. The van der Waals surface area contributed by atoms with Crippen LogP contribution in [0.25, 0.3) is 0 Å². The standard InChI is InChI=1S/C22H34N2O2/c1-5-16(6-2)22(26)24-14-12-19(13-15-24)21(25)23-20-17(7-3)10-9-11-18(20)8-4/h9-11,16,19H,5-8,12-15H2,1-4H3,(H,23,25). The average molecular weight is 359 g/mol. The Kier molecular flexibility index (Phi) is 7.67. The van der Waals surface area contributed by atoms with E-state index in [9.17, 15) is 9.59 Å². The van der Waals surface area contributed by atoms with E-state index in [4.69, 9.17) is 0 Å². The van der Waals surface area contributed by atoms with Gasteiger partial charge in [0.05, 0.1) is 0 Å². The zero-order chi connectivity index (χ0) is 19.1. The second kappa shape index (κ2) is 9.75. The summed E-state index contributed by atoms with van der Waals surface area (Å²) in [5.41, 5.74) is 3.39. The largest absolute Gasteiger partial charge is 0.342 e. The number of aryl methyl sites for hydroxylation is 2. The lowest BCUT2D eigenvalue weighted by Gasteiger charge is -2.33. The molecule has 0 bridgehead atoms. The van der Waals surface area contributed by atoms with E-state index in [1.807, 2.05) is 4.90 Å². The van der Waals surface area contributed by atoms with Gasteiger partial charge in [-0.25, -0.2) is 0 Å². The Morgan fingerprint density at radius 2 is 1.58 bits per heavy atom. The monoisotopic (exact) mass is 358 g/mol. The number of amides is 2. The molecule has 1 heterocycles. The van der Waals surface area contributed by atoms with Gasteiger partial charge in [0.1, 0.15) is 0 Å². The van der Waals surface area contributed by atoms with Crippen LogP contribution in [0.5, 0.6) is 0 Å². The van der Waals surface area contributed by atoms with E-state index < -0.39 is 0 Å². The smallest absolute Gasteiger partial charge is 0.227 e. The molecule has 2 rings (SSSR count). The van der Waals surface area contributed by atoms with Gasteiger partial charge in [-0.15, -0.1) is 0 Å². The number of hydrogen-bond acceptors (Lipinski definition) is 2. The average Bonchev–Trinajstić information content (AvgIpc) is 2.69. The van der Waals surface area contributed by atoms with Crippen LogP contribution in [-0.4, -0.2) is 29.8 Å². The topological polar surface area (TPSA) is 49.4 Å². The Balaban J connectivity index is 1.98. The summed E-state index contributed by atoms with van der Waals surface area (Å²) < 4.78 is 0. The van der Waals surface area contributed by atoms with Crippen molar-refractivity contribution in [3.05, 3.63) is 29.3 Å². The van der Waals surface area contributed by atoms with Crippen molar-refractivity contribution in [2.24, 2.45) is 11.8 Å². The van der Waals surface area contributed by atoms with Crippen molar-refractivity contribution in [2.75, 3.05) is 18.4 Å². The predicted octanol–water partition coefficient (Wildman–Crippen LogP) is 4.42. The van der Waals surface area contributed by atoms with Crippen LogP contribution in [0.15, 0.2) is 18.2 Å². The highest BCUT2D eigenvalue weighted by Gasteiger charge is 2.30. The van der Waals surface area contributed by atoms with E-state index in [1.165, 1.54) is 11.1 Å². The molecule has 0 saturated carbocycles. The first kappa shape index (κ1) is 20.5. The molecule has 1 saturated heterocycles. The van der Waals surface area contributed by atoms with E-state index in [2.05, 4.69) is 51.2 Å². The van der Waals surface area contributed by atoms with Gasteiger partial charge >= 0.3 is 0 Å². The first-order valence-corrected chi connectivity index (χ1v) is 10.3. The summed E-state index contributed by atoms with van der Waals surface area (Å²) in [6, 6.07) is 6.24. The van der Waals surface area contributed by atoms with Gasteiger partial charge in [0.2, 0.25) is 11.8 Å². The van der Waals surface area contributed by atoms with Gasteiger partial charge in [0, 0.05) is 30.6 Å². The third kappa shape index (κ3) is 4.66. The van der Waals surface area contributed by atoms with Gasteiger partial charge in [-0.05, 0) is 49.7 Å². The van der Waals surface area contributed by atoms with Crippen molar-refractivity contribution in [3.8, 4) is 0 Å². The molecule has 1 aliphatic rings. The Morgan fingerprint density at radius 3 is 2.04 bits per heavy atom. The van der Waals surface area contributed by atoms with E-state index in [0.717, 1.165) is 44.2 Å². The molecule has 4 heteroatoms. The van der Waals surface area contributed by atoms with E-state index >= 15 is 0 Å². The van der Waals surface area contributed by atoms with Crippen molar-refractivity contribution >= 4 is 17.5 Å². The summed E-state index contributed by atoms with van der Waals surface area (Å²) >= 11 is 0. The minimum absolute atomic E-state index is 0.00429. The fraction of sp³-hybridized carbons (Fsp3) is 0.636. The zero-order valence-corrected chi connectivity index (χ0v) is 16.8. The lowest BCUT2D eigenvalue weighted by atomic mass is 9.93. The van der Waals surface area contributed by atoms with Crippen LogP contribution in [0.4, 0.5) is 5.69 Å². The molecule has 2 amide bonds. The molecule has 0 atom stereocenters. The maximum Gasteiger partial charge on any atom is 0.227 e. The second-order valence-electron chi connectivity index (χ2n) is 7.26. The first-order valence-electron chi connectivity index (χ1n) is 10.3. The molecule has 0 aromatic heterocycles. The molecule has 0 spiro atoms. The number of likely N-dealkylation sites (tertiary alicyclic amines) is 1. The fourth-order valence-electron chi connectivity index (χ4n) is 3.89. The summed E-state index contributed by atoms with van der Waals surface area (Å²) in [7, 11) is 0. The van der Waals surface area contributed by atoms with E-state index in [1.54, 1.807) is 0 Å². The normalized spacial score (nSPS) is 15.3. The highest BCUT2D eigenvalue weighted by molar-refractivity contribution is 5.94. The maximum atomic E-state index is 12.8. The number of anilines is 1. The molecule has 1 aromatic carbocycles. The summed E-state index contributed by atoms with van der Waals surface area (Å²) in [5.74, 6) is 0.493. The van der Waals surface area contributed by atoms with E-state index in [-0.39, 0.29) is 23.7 Å². The quantitative estimate of drug-likeness (QED) is 0.784. The van der Waals surface area contributed by atoms with Crippen LogP contribution >= 0.6 is 0 Å². The van der Waals surface area contributed by atoms with Crippen LogP contribution in [0.3, 0.4) is 0 Å². The molecule has 26 heavy (non-hydrogen) atoms. The Morgan fingerprint density at radius 1 is 1.04 bits per heavy atom. The number of nitrogens with one attached hydrogen (secondary N) is 1. The Hall–Kier alpha value is -1.84. The van der Waals surface area contributed by atoms with Crippen LogP contribution in [-0.2, 0) is 22.4 Å². The van der Waals surface area contributed by atoms with Crippen LogP contribution < -0.4 is 5.32 Å². The number of hydrogen-bond donors (Lipinski definition) is 1. The van der Waals surface area contributed by atoms with Crippen molar-refractivity contribution in [3.63, 3.8) is 0 Å². The molecule has 0 radical (unpaired) electrons. The molecule has 1 aromatic rings. The summed E-state index contributed by atoms with van der Waals surface area (Å²) in [6.07, 6.45) is 5.12. The molecule has 1 N–H and O–H groups in total. The van der Waals surface area contributed by atoms with Crippen LogP contribution in [0, 0.1) is 11.8 Å². The van der Waals surface area contributed by atoms with Crippen LogP contribution in [0.2, 0.25) is 0 Å². The highest BCUT2D eigenvalue weighted by atomic mass is 16.2. The van der Waals surface area contributed by atoms with Gasteiger partial charge in [-0.2, -0.15) is 0 Å². The SMILES string of the molecule is CCc1cccc(CC)c1NC(=O)C1CCN(C(=O)C(CC)CC)CC1. The van der Waals surface area contributed by atoms with Crippen molar-refractivity contribution in [1.29, 1.82) is 0 Å². The maximum absolute atomic E-state index is 12.8. The molecule has 4 nitrogen and oxygen atoms in total. The molecule has 144 valence electrons. The third-order valence-electron chi connectivity index (χ3n) is 5.76. The summed E-state index contributed by atoms with van der Waals surface area (Å²) in [6.45, 7) is 9.78. The third-order valence-corrected chi connectivity index (χ3v) is 5.76. The molecule has 0 unspecified atom stereocenters. The van der Waals surface area contributed by atoms with Gasteiger partial charge in [0.25, 0.3) is 0 Å². The number of para-hydroxylation sites is 1. The number of carbonyl (C=O) groups excluding carboxylic acids is 2. The number of benzene rings is 1. The Labute approximate surface area is 158 Å². The minimum atomic E-state index is -0.00429. The summed E-state index contributed by atoms with van der Waals surface area (Å²) in [4.78, 5) is 27.3. The minimum Gasteiger partial charge on any atom is -0.342 e. The van der Waals surface area contributed by atoms with Gasteiger partial charge in [-0.1, -0.05) is 45.9 Å². The van der Waals surface area contributed by atoms with Crippen molar-refractivity contribution < 1.29 is 9.59 Å². The number of carbonyl (C=O) groups is 2. The molecular formula is C22H34N2O2. The van der Waals surface area contributed by atoms with Crippen LogP contribution in [0.1, 0.15) is 64.5 Å².